The Balaban J connectivity index is 2.40. The van der Waals surface area contributed by atoms with Gasteiger partial charge in [0, 0.05) is 18.8 Å². The van der Waals surface area contributed by atoms with Crippen LogP contribution in [-0.2, 0) is 0 Å². The smallest absolute Gasteiger partial charge is 0.169 e. The molecule has 0 N–H and O–H groups in total. The SMILES string of the molecule is CC(=O)c1cc2c(s1)SC(C)CN2C. The van der Waals surface area contributed by atoms with Gasteiger partial charge in [0.15, 0.2) is 5.78 Å². The summed E-state index contributed by atoms with van der Waals surface area (Å²) in [7, 11) is 2.09. The highest BCUT2D eigenvalue weighted by atomic mass is 32.2. The van der Waals surface area contributed by atoms with Gasteiger partial charge in [-0.2, -0.15) is 0 Å². The summed E-state index contributed by atoms with van der Waals surface area (Å²) < 4.78 is 1.29. The lowest BCUT2D eigenvalue weighted by Crippen LogP contribution is -2.28. The van der Waals surface area contributed by atoms with Crippen molar-refractivity contribution in [3.8, 4) is 0 Å². The minimum absolute atomic E-state index is 0.172. The highest BCUT2D eigenvalue weighted by Crippen LogP contribution is 2.43. The molecule has 4 heteroatoms. The van der Waals surface area contributed by atoms with E-state index in [2.05, 4.69) is 18.9 Å². The zero-order chi connectivity index (χ0) is 10.3. The van der Waals surface area contributed by atoms with Crippen molar-refractivity contribution in [2.75, 3.05) is 18.5 Å². The molecule has 0 amide bonds. The third-order valence-electron chi connectivity index (χ3n) is 2.28. The van der Waals surface area contributed by atoms with Crippen LogP contribution in [0.5, 0.6) is 0 Å². The van der Waals surface area contributed by atoms with Gasteiger partial charge in [0.1, 0.15) is 0 Å². The maximum atomic E-state index is 11.2. The molecule has 2 heterocycles. The molecule has 14 heavy (non-hydrogen) atoms. The van der Waals surface area contributed by atoms with E-state index in [-0.39, 0.29) is 5.78 Å². The van der Waals surface area contributed by atoms with Crippen LogP contribution in [0.2, 0.25) is 0 Å². The van der Waals surface area contributed by atoms with Gasteiger partial charge in [-0.25, -0.2) is 0 Å². The van der Waals surface area contributed by atoms with E-state index in [1.165, 1.54) is 9.90 Å². The second-order valence-electron chi connectivity index (χ2n) is 3.65. The molecule has 76 valence electrons. The summed E-state index contributed by atoms with van der Waals surface area (Å²) in [5, 5.41) is 0.617. The quantitative estimate of drug-likeness (QED) is 0.688. The zero-order valence-electron chi connectivity index (χ0n) is 8.53. The number of nitrogens with zero attached hydrogens (tertiary/aromatic N) is 1. The largest absolute Gasteiger partial charge is 0.372 e. The van der Waals surface area contributed by atoms with Crippen molar-refractivity contribution in [1.29, 1.82) is 0 Å². The van der Waals surface area contributed by atoms with Gasteiger partial charge in [0.05, 0.1) is 14.8 Å². The molecule has 1 atom stereocenters. The van der Waals surface area contributed by atoms with Gasteiger partial charge in [-0.15, -0.1) is 23.1 Å². The Morgan fingerprint density at radius 3 is 3.00 bits per heavy atom. The van der Waals surface area contributed by atoms with E-state index in [0.29, 0.717) is 5.25 Å². The van der Waals surface area contributed by atoms with Gasteiger partial charge in [0.25, 0.3) is 0 Å². The Morgan fingerprint density at radius 2 is 2.36 bits per heavy atom. The fourth-order valence-corrected chi connectivity index (χ4v) is 4.38. The standard InChI is InChI=1S/C10H13NOS2/c1-6-5-11(3)8-4-9(7(2)12)14-10(8)13-6/h4,6H,5H2,1-3H3. The monoisotopic (exact) mass is 227 g/mol. The third kappa shape index (κ3) is 1.68. The summed E-state index contributed by atoms with van der Waals surface area (Å²) in [6.45, 7) is 4.91. The lowest BCUT2D eigenvalue weighted by molar-refractivity contribution is 0.102. The van der Waals surface area contributed by atoms with E-state index >= 15 is 0 Å². The van der Waals surface area contributed by atoms with Gasteiger partial charge in [-0.1, -0.05) is 6.92 Å². The summed E-state index contributed by atoms with van der Waals surface area (Å²) in [4.78, 5) is 14.3. The van der Waals surface area contributed by atoms with Crippen LogP contribution in [0.1, 0.15) is 23.5 Å². The minimum Gasteiger partial charge on any atom is -0.372 e. The molecular formula is C10H13NOS2. The van der Waals surface area contributed by atoms with Crippen molar-refractivity contribution < 1.29 is 4.79 Å². The molecule has 1 aliphatic rings. The van der Waals surface area contributed by atoms with Crippen molar-refractivity contribution in [3.05, 3.63) is 10.9 Å². The Bertz CT molecular complexity index is 372. The summed E-state index contributed by atoms with van der Waals surface area (Å²) in [6.07, 6.45) is 0. The second kappa shape index (κ2) is 3.59. The molecule has 1 aliphatic heterocycles. The fourth-order valence-electron chi connectivity index (χ4n) is 1.59. The van der Waals surface area contributed by atoms with E-state index in [1.54, 1.807) is 18.3 Å². The van der Waals surface area contributed by atoms with Crippen LogP contribution in [0.3, 0.4) is 0 Å². The van der Waals surface area contributed by atoms with Crippen LogP contribution in [-0.4, -0.2) is 24.6 Å². The molecule has 1 unspecified atom stereocenters. The van der Waals surface area contributed by atoms with Gasteiger partial charge >= 0.3 is 0 Å². The molecule has 1 aromatic heterocycles. The molecule has 0 saturated carbocycles. The maximum absolute atomic E-state index is 11.2. The molecule has 0 aromatic carbocycles. The summed E-state index contributed by atoms with van der Waals surface area (Å²) in [5.74, 6) is 0.172. The van der Waals surface area contributed by atoms with Crippen molar-refractivity contribution >= 4 is 34.6 Å². The van der Waals surface area contributed by atoms with Crippen LogP contribution in [0.4, 0.5) is 5.69 Å². The summed E-state index contributed by atoms with van der Waals surface area (Å²) in [6, 6.07) is 2.02. The molecule has 0 radical (unpaired) electrons. The molecule has 0 aliphatic carbocycles. The lowest BCUT2D eigenvalue weighted by atomic mass is 10.3. The number of hydrogen-bond acceptors (Lipinski definition) is 4. The van der Waals surface area contributed by atoms with Crippen LogP contribution in [0.15, 0.2) is 10.3 Å². The van der Waals surface area contributed by atoms with Gasteiger partial charge in [-0.05, 0) is 13.0 Å². The number of thiophene rings is 1. The maximum Gasteiger partial charge on any atom is 0.169 e. The normalized spacial score (nSPS) is 20.8. The molecule has 0 fully saturated rings. The molecular weight excluding hydrogens is 214 g/mol. The lowest BCUT2D eigenvalue weighted by Gasteiger charge is -2.28. The van der Waals surface area contributed by atoms with Gasteiger partial charge in [-0.3, -0.25) is 4.79 Å². The number of carbonyl (C=O) groups is 1. The first-order chi connectivity index (χ1) is 6.58. The van der Waals surface area contributed by atoms with Crippen LogP contribution in [0, 0.1) is 0 Å². The Labute approximate surface area is 92.3 Å². The predicted octanol–water partition coefficient (Wildman–Crippen LogP) is 2.88. The average molecular weight is 227 g/mol. The van der Waals surface area contributed by atoms with Crippen LogP contribution < -0.4 is 4.90 Å². The molecule has 2 rings (SSSR count). The van der Waals surface area contributed by atoms with Crippen molar-refractivity contribution in [1.82, 2.24) is 0 Å². The first kappa shape index (κ1) is 10.1. The van der Waals surface area contributed by atoms with E-state index in [0.717, 1.165) is 11.4 Å². The van der Waals surface area contributed by atoms with Gasteiger partial charge in [0.2, 0.25) is 0 Å². The van der Waals surface area contributed by atoms with Crippen LogP contribution >= 0.6 is 23.1 Å². The fraction of sp³-hybridized carbons (Fsp3) is 0.500. The highest BCUT2D eigenvalue weighted by Gasteiger charge is 2.23. The summed E-state index contributed by atoms with van der Waals surface area (Å²) >= 11 is 3.50. The van der Waals surface area contributed by atoms with E-state index in [4.69, 9.17) is 0 Å². The van der Waals surface area contributed by atoms with Gasteiger partial charge < -0.3 is 4.90 Å². The number of hydrogen-bond donors (Lipinski definition) is 0. The van der Waals surface area contributed by atoms with Crippen molar-refractivity contribution in [3.63, 3.8) is 0 Å². The first-order valence-corrected chi connectivity index (χ1v) is 6.30. The topological polar surface area (TPSA) is 20.3 Å². The number of thioether (sulfide) groups is 1. The molecule has 0 saturated heterocycles. The van der Waals surface area contributed by atoms with E-state index < -0.39 is 0 Å². The number of carbonyl (C=O) groups excluding carboxylic acids is 1. The number of anilines is 1. The first-order valence-electron chi connectivity index (χ1n) is 4.60. The molecule has 0 spiro atoms. The Hall–Kier alpha value is -0.480. The van der Waals surface area contributed by atoms with Crippen molar-refractivity contribution in [2.24, 2.45) is 0 Å². The minimum atomic E-state index is 0.172. The van der Waals surface area contributed by atoms with E-state index in [9.17, 15) is 4.79 Å². The third-order valence-corrected chi connectivity index (χ3v) is 4.81. The predicted molar refractivity (Wildman–Crippen MR) is 62.9 cm³/mol. The molecule has 1 aromatic rings. The Kier molecular flexibility index (Phi) is 2.58. The zero-order valence-corrected chi connectivity index (χ0v) is 10.2. The number of ketones is 1. The Morgan fingerprint density at radius 1 is 1.64 bits per heavy atom. The van der Waals surface area contributed by atoms with Crippen molar-refractivity contribution in [2.45, 2.75) is 23.3 Å². The summed E-state index contributed by atoms with van der Waals surface area (Å²) in [5.41, 5.74) is 1.23. The molecule has 0 bridgehead atoms. The number of rotatable bonds is 1. The molecule has 2 nitrogen and oxygen atoms in total. The van der Waals surface area contributed by atoms with Crippen LogP contribution in [0.25, 0.3) is 0 Å². The van der Waals surface area contributed by atoms with E-state index in [1.807, 2.05) is 17.8 Å². The highest BCUT2D eigenvalue weighted by molar-refractivity contribution is 8.02. The second-order valence-corrected chi connectivity index (χ2v) is 6.41. The number of fused-ring (bicyclic) bond motifs is 1. The average Bonchev–Trinajstić information content (AvgIpc) is 2.47. The number of Topliss-reactive ketones (excluding diaryl/α,β-unsaturated/α-hetero) is 1.